The normalized spacial score (nSPS) is 10.5. The van der Waals surface area contributed by atoms with Crippen LogP contribution in [0.15, 0.2) is 42.6 Å². The van der Waals surface area contributed by atoms with Crippen molar-refractivity contribution in [3.63, 3.8) is 0 Å². The van der Waals surface area contributed by atoms with Crippen LogP contribution in [-0.2, 0) is 7.05 Å². The number of carbonyl (C=O) groups excluding carboxylic acids is 1. The van der Waals surface area contributed by atoms with Crippen LogP contribution in [0.4, 0.5) is 5.69 Å². The Kier molecular flexibility index (Phi) is 4.05. The first-order valence-electron chi connectivity index (χ1n) is 6.68. The first-order valence-corrected chi connectivity index (χ1v) is 6.68. The van der Waals surface area contributed by atoms with Gasteiger partial charge in [-0.25, -0.2) is 0 Å². The van der Waals surface area contributed by atoms with Crippen molar-refractivity contribution in [1.29, 1.82) is 0 Å². The van der Waals surface area contributed by atoms with E-state index in [-0.39, 0.29) is 5.78 Å². The fraction of sp³-hybridized carbons (Fsp3) is 0.312. The maximum Gasteiger partial charge on any atom is 0.209 e. The summed E-state index contributed by atoms with van der Waals surface area (Å²) in [6.07, 6.45) is 1.89. The molecule has 0 N–H and O–H groups in total. The number of carbonyl (C=O) groups is 1. The lowest BCUT2D eigenvalue weighted by Crippen LogP contribution is -2.21. The molecule has 2 aromatic rings. The Labute approximate surface area is 114 Å². The average molecular weight is 256 g/mol. The van der Waals surface area contributed by atoms with E-state index in [0.717, 1.165) is 30.0 Å². The molecular weight excluding hydrogens is 236 g/mol. The quantitative estimate of drug-likeness (QED) is 0.768. The first-order chi connectivity index (χ1) is 9.17. The molecule has 0 aliphatic rings. The van der Waals surface area contributed by atoms with Crippen LogP contribution >= 0.6 is 0 Å². The SMILES string of the molecule is CCN(CC)c1ccc(C(=O)c2cccn2C)cc1. The molecule has 0 saturated carbocycles. The molecule has 0 aliphatic carbocycles. The molecule has 1 aromatic carbocycles. The van der Waals surface area contributed by atoms with Crippen LogP contribution in [0.25, 0.3) is 0 Å². The van der Waals surface area contributed by atoms with Gasteiger partial charge in [0.2, 0.25) is 5.78 Å². The number of aryl methyl sites for hydroxylation is 1. The Morgan fingerprint density at radius 2 is 1.74 bits per heavy atom. The Bertz CT molecular complexity index is 550. The number of anilines is 1. The monoisotopic (exact) mass is 256 g/mol. The van der Waals surface area contributed by atoms with E-state index in [4.69, 9.17) is 0 Å². The van der Waals surface area contributed by atoms with Crippen molar-refractivity contribution >= 4 is 11.5 Å². The molecule has 0 amide bonds. The minimum atomic E-state index is 0.0681. The average Bonchev–Trinajstić information content (AvgIpc) is 2.86. The molecule has 3 heteroatoms. The third kappa shape index (κ3) is 2.70. The highest BCUT2D eigenvalue weighted by Gasteiger charge is 2.12. The van der Waals surface area contributed by atoms with Crippen LogP contribution in [0.1, 0.15) is 29.9 Å². The van der Waals surface area contributed by atoms with Crippen LogP contribution in [-0.4, -0.2) is 23.4 Å². The fourth-order valence-corrected chi connectivity index (χ4v) is 2.26. The molecule has 3 nitrogen and oxygen atoms in total. The van der Waals surface area contributed by atoms with Gasteiger partial charge in [-0.1, -0.05) is 0 Å². The molecule has 19 heavy (non-hydrogen) atoms. The predicted molar refractivity (Wildman–Crippen MR) is 78.8 cm³/mol. The van der Waals surface area contributed by atoms with Crippen molar-refractivity contribution in [2.75, 3.05) is 18.0 Å². The van der Waals surface area contributed by atoms with E-state index < -0.39 is 0 Å². The van der Waals surface area contributed by atoms with E-state index in [1.54, 1.807) is 0 Å². The molecule has 0 radical (unpaired) electrons. The van der Waals surface area contributed by atoms with Crippen molar-refractivity contribution in [2.45, 2.75) is 13.8 Å². The van der Waals surface area contributed by atoms with Gasteiger partial charge in [-0.15, -0.1) is 0 Å². The lowest BCUT2D eigenvalue weighted by atomic mass is 10.1. The smallest absolute Gasteiger partial charge is 0.209 e. The number of benzene rings is 1. The molecule has 2 rings (SSSR count). The maximum atomic E-state index is 12.3. The topological polar surface area (TPSA) is 25.2 Å². The lowest BCUT2D eigenvalue weighted by molar-refractivity contribution is 0.103. The van der Waals surface area contributed by atoms with Gasteiger partial charge < -0.3 is 9.47 Å². The molecule has 100 valence electrons. The molecule has 0 bridgehead atoms. The van der Waals surface area contributed by atoms with Gasteiger partial charge in [0.1, 0.15) is 0 Å². The number of hydrogen-bond acceptors (Lipinski definition) is 2. The van der Waals surface area contributed by atoms with E-state index in [1.807, 2.05) is 54.2 Å². The molecule has 0 aliphatic heterocycles. The lowest BCUT2D eigenvalue weighted by Gasteiger charge is -2.21. The van der Waals surface area contributed by atoms with Gasteiger partial charge in [0.15, 0.2) is 0 Å². The Hall–Kier alpha value is -2.03. The molecule has 0 unspecified atom stereocenters. The second kappa shape index (κ2) is 5.74. The van der Waals surface area contributed by atoms with Gasteiger partial charge in [-0.2, -0.15) is 0 Å². The van der Waals surface area contributed by atoms with Crippen molar-refractivity contribution in [1.82, 2.24) is 4.57 Å². The molecule has 0 atom stereocenters. The van der Waals surface area contributed by atoms with Gasteiger partial charge in [-0.3, -0.25) is 4.79 Å². The first kappa shape index (κ1) is 13.4. The summed E-state index contributed by atoms with van der Waals surface area (Å²) < 4.78 is 1.85. The molecule has 0 saturated heterocycles. The Morgan fingerprint density at radius 1 is 1.11 bits per heavy atom. The van der Waals surface area contributed by atoms with E-state index >= 15 is 0 Å². The number of ketones is 1. The Morgan fingerprint density at radius 3 is 2.21 bits per heavy atom. The number of hydrogen-bond donors (Lipinski definition) is 0. The second-order valence-corrected chi connectivity index (χ2v) is 4.55. The highest BCUT2D eigenvalue weighted by atomic mass is 16.1. The van der Waals surface area contributed by atoms with Crippen LogP contribution in [0.3, 0.4) is 0 Å². The summed E-state index contributed by atoms with van der Waals surface area (Å²) in [6.45, 7) is 6.21. The predicted octanol–water partition coefficient (Wildman–Crippen LogP) is 3.10. The summed E-state index contributed by atoms with van der Waals surface area (Å²) in [7, 11) is 1.89. The van der Waals surface area contributed by atoms with E-state index in [9.17, 15) is 4.79 Å². The van der Waals surface area contributed by atoms with Crippen LogP contribution in [0, 0.1) is 0 Å². The minimum absolute atomic E-state index is 0.0681. The summed E-state index contributed by atoms with van der Waals surface area (Å²) in [6, 6.07) is 11.6. The second-order valence-electron chi connectivity index (χ2n) is 4.55. The molecular formula is C16H20N2O. The fourth-order valence-electron chi connectivity index (χ4n) is 2.26. The summed E-state index contributed by atoms with van der Waals surface area (Å²) in [5.74, 6) is 0.0681. The van der Waals surface area contributed by atoms with E-state index in [1.165, 1.54) is 0 Å². The summed E-state index contributed by atoms with van der Waals surface area (Å²) in [4.78, 5) is 14.6. The van der Waals surface area contributed by atoms with Crippen LogP contribution in [0.2, 0.25) is 0 Å². The highest BCUT2D eigenvalue weighted by Crippen LogP contribution is 2.17. The molecule has 1 aromatic heterocycles. The van der Waals surface area contributed by atoms with Crippen LogP contribution < -0.4 is 4.90 Å². The maximum absolute atomic E-state index is 12.3. The minimum Gasteiger partial charge on any atom is -0.372 e. The van der Waals surface area contributed by atoms with Gasteiger partial charge >= 0.3 is 0 Å². The standard InChI is InChI=1S/C16H20N2O/c1-4-18(5-2)14-10-8-13(9-11-14)16(19)15-7-6-12-17(15)3/h6-12H,4-5H2,1-3H3. The molecule has 0 fully saturated rings. The van der Waals surface area contributed by atoms with Crippen molar-refractivity contribution in [3.05, 3.63) is 53.9 Å². The zero-order valence-corrected chi connectivity index (χ0v) is 11.8. The van der Waals surface area contributed by atoms with E-state index in [2.05, 4.69) is 18.7 Å². The van der Waals surface area contributed by atoms with Crippen molar-refractivity contribution < 1.29 is 4.79 Å². The summed E-state index contributed by atoms with van der Waals surface area (Å²) in [5, 5.41) is 0. The van der Waals surface area contributed by atoms with E-state index in [0.29, 0.717) is 0 Å². The summed E-state index contributed by atoms with van der Waals surface area (Å²) in [5.41, 5.74) is 2.61. The largest absolute Gasteiger partial charge is 0.372 e. The Balaban J connectivity index is 2.24. The number of rotatable bonds is 5. The summed E-state index contributed by atoms with van der Waals surface area (Å²) >= 11 is 0. The molecule has 0 spiro atoms. The molecule has 1 heterocycles. The number of nitrogens with zero attached hydrogens (tertiary/aromatic N) is 2. The number of aromatic nitrogens is 1. The zero-order chi connectivity index (χ0) is 13.8. The zero-order valence-electron chi connectivity index (χ0n) is 11.8. The van der Waals surface area contributed by atoms with Gasteiger partial charge in [0.25, 0.3) is 0 Å². The van der Waals surface area contributed by atoms with Gasteiger partial charge in [0, 0.05) is 37.6 Å². The van der Waals surface area contributed by atoms with Gasteiger partial charge in [-0.05, 0) is 50.2 Å². The highest BCUT2D eigenvalue weighted by molar-refractivity contribution is 6.08. The van der Waals surface area contributed by atoms with Crippen LogP contribution in [0.5, 0.6) is 0 Å². The van der Waals surface area contributed by atoms with Crippen molar-refractivity contribution in [2.24, 2.45) is 7.05 Å². The van der Waals surface area contributed by atoms with Crippen molar-refractivity contribution in [3.8, 4) is 0 Å². The third-order valence-corrected chi connectivity index (χ3v) is 3.43. The van der Waals surface area contributed by atoms with Gasteiger partial charge in [0.05, 0.1) is 5.69 Å². The third-order valence-electron chi connectivity index (χ3n) is 3.43.